The van der Waals surface area contributed by atoms with Gasteiger partial charge in [0.15, 0.2) is 0 Å². The molecular weight excluding hydrogens is 728 g/mol. The lowest BCUT2D eigenvalue weighted by Gasteiger charge is -2.71. The van der Waals surface area contributed by atoms with E-state index in [1.165, 1.54) is 12.5 Å². The molecular formula is C41H65BrN2O8. The molecule has 0 aromatic heterocycles. The predicted molar refractivity (Wildman–Crippen MR) is 202 cm³/mol. The van der Waals surface area contributed by atoms with Gasteiger partial charge in [0.1, 0.15) is 18.2 Å². The Kier molecular flexibility index (Phi) is 11.8. The zero-order valence-corrected chi connectivity index (χ0v) is 34.6. The summed E-state index contributed by atoms with van der Waals surface area (Å²) in [5.74, 6) is -1.28. The second-order valence-electron chi connectivity index (χ2n) is 18.6. The number of carboxylic acids is 1. The van der Waals surface area contributed by atoms with Gasteiger partial charge in [-0.05, 0) is 105 Å². The number of halogens is 1. The summed E-state index contributed by atoms with van der Waals surface area (Å²) in [4.78, 5) is 51.2. The molecule has 5 rings (SSSR count). The second-order valence-corrected chi connectivity index (χ2v) is 19.9. The molecule has 0 spiro atoms. The summed E-state index contributed by atoms with van der Waals surface area (Å²) in [7, 11) is 0. The molecule has 13 atom stereocenters. The Balaban J connectivity index is 1.43. The summed E-state index contributed by atoms with van der Waals surface area (Å²) in [6.07, 6.45) is 7.47. The van der Waals surface area contributed by atoms with E-state index in [0.29, 0.717) is 57.8 Å². The number of allylic oxidation sites excluding steroid dienone is 1. The molecule has 0 radical (unpaired) electrons. The Hall–Kier alpha value is -1.98. The Morgan fingerprint density at radius 1 is 1.02 bits per heavy atom. The molecule has 1 heterocycles. The molecule has 10 nitrogen and oxygen atoms in total. The fraction of sp³-hybridized carbons (Fsp3) is 0.854. The number of fused-ring (bicyclic) bond motifs is 3. The highest BCUT2D eigenvalue weighted by atomic mass is 79.9. The van der Waals surface area contributed by atoms with Crippen LogP contribution in [0.1, 0.15) is 120 Å². The number of nitrogens with one attached hydrogen (secondary N) is 1. The first kappa shape index (κ1) is 41.2. The van der Waals surface area contributed by atoms with Crippen LogP contribution in [0.2, 0.25) is 0 Å². The number of rotatable bonds is 12. The van der Waals surface area contributed by atoms with Crippen LogP contribution in [0.4, 0.5) is 0 Å². The third-order valence-corrected chi connectivity index (χ3v) is 16.0. The van der Waals surface area contributed by atoms with Gasteiger partial charge in [-0.25, -0.2) is 0 Å². The number of alkyl halides is 1. The summed E-state index contributed by atoms with van der Waals surface area (Å²) in [5.41, 5.74) is 5.65. The molecule has 2 unspecified atom stereocenters. The van der Waals surface area contributed by atoms with Crippen LogP contribution in [0.15, 0.2) is 11.6 Å². The van der Waals surface area contributed by atoms with Crippen molar-refractivity contribution >= 4 is 39.7 Å². The van der Waals surface area contributed by atoms with E-state index in [9.17, 15) is 24.3 Å². The maximum atomic E-state index is 13.6. The minimum absolute atomic E-state index is 0.0832. The summed E-state index contributed by atoms with van der Waals surface area (Å²) in [6.45, 7) is 20.1. The van der Waals surface area contributed by atoms with E-state index in [0.717, 1.165) is 25.7 Å². The largest absolute Gasteiger partial charge is 0.481 e. The van der Waals surface area contributed by atoms with Gasteiger partial charge in [0, 0.05) is 24.3 Å². The second kappa shape index (κ2) is 14.9. The van der Waals surface area contributed by atoms with Crippen molar-refractivity contribution in [1.29, 1.82) is 0 Å². The van der Waals surface area contributed by atoms with Gasteiger partial charge >= 0.3 is 17.9 Å². The van der Waals surface area contributed by atoms with Crippen LogP contribution in [-0.2, 0) is 33.4 Å². The van der Waals surface area contributed by atoms with E-state index in [-0.39, 0.29) is 39.3 Å². The molecule has 4 aliphatic carbocycles. The van der Waals surface area contributed by atoms with Crippen LogP contribution >= 0.6 is 15.9 Å². The average Bonchev–Trinajstić information content (AvgIpc) is 3.05. The number of aliphatic carboxylic acids is 1. The monoisotopic (exact) mass is 792 g/mol. The van der Waals surface area contributed by atoms with Crippen LogP contribution in [0.3, 0.4) is 0 Å². The van der Waals surface area contributed by atoms with Crippen molar-refractivity contribution in [2.24, 2.45) is 62.4 Å². The molecule has 294 valence electrons. The van der Waals surface area contributed by atoms with Crippen LogP contribution in [0, 0.1) is 56.7 Å². The van der Waals surface area contributed by atoms with Crippen molar-refractivity contribution in [3.63, 3.8) is 0 Å². The predicted octanol–water partition coefficient (Wildman–Crippen LogP) is 6.82. The molecule has 11 heteroatoms. The fourth-order valence-electron chi connectivity index (χ4n) is 12.3. The SMILES string of the molecule is CC(=O)O[C@@H]1C[C@@]23COC[C@@](C)([C@@H]2CC[C@H]2C3=CC[C@@]3(C)[C@H](C(=O)O)[C@@](C)([C@H](C)C(C)C)CC[C@]23C)[C@H]1OC(=O)C(N)CCCCNC(=O)C(C)Br. The molecule has 0 aromatic carbocycles. The quantitative estimate of drug-likeness (QED) is 0.0837. The number of carbonyl (C=O) groups is 4. The van der Waals surface area contributed by atoms with E-state index in [2.05, 4.69) is 75.8 Å². The van der Waals surface area contributed by atoms with Crippen LogP contribution in [-0.4, -0.2) is 71.8 Å². The molecule has 4 fully saturated rings. The van der Waals surface area contributed by atoms with E-state index in [1.54, 1.807) is 6.92 Å². The van der Waals surface area contributed by atoms with Crippen LogP contribution in [0.5, 0.6) is 0 Å². The summed E-state index contributed by atoms with van der Waals surface area (Å²) in [6, 6.07) is -0.851. The number of carbonyl (C=O) groups excluding carboxylic acids is 3. The molecule has 5 aliphatic rings. The van der Waals surface area contributed by atoms with Gasteiger partial charge in [-0.1, -0.05) is 76.0 Å². The third-order valence-electron chi connectivity index (χ3n) is 15.5. The van der Waals surface area contributed by atoms with Crippen LogP contribution in [0.25, 0.3) is 0 Å². The van der Waals surface area contributed by atoms with Gasteiger partial charge in [-0.2, -0.15) is 0 Å². The number of nitrogens with two attached hydrogens (primary N) is 1. The van der Waals surface area contributed by atoms with E-state index in [1.807, 2.05) is 0 Å². The lowest BCUT2D eigenvalue weighted by molar-refractivity contribution is -0.263. The highest BCUT2D eigenvalue weighted by Crippen LogP contribution is 2.75. The van der Waals surface area contributed by atoms with Gasteiger partial charge < -0.3 is 30.4 Å². The third kappa shape index (κ3) is 6.69. The van der Waals surface area contributed by atoms with Crippen molar-refractivity contribution in [1.82, 2.24) is 5.32 Å². The number of carboxylic acid groups (broad SMARTS) is 1. The molecule has 1 saturated heterocycles. The molecule has 2 bridgehead atoms. The number of esters is 2. The number of amides is 1. The minimum atomic E-state index is -0.851. The topological polar surface area (TPSA) is 154 Å². The standard InChI is InChI=1S/C41H65BrN2O8/c1-23(2)24(3)37(6)17-18-39(8)27-13-14-31-38(7)21-50-22-41(31,28(27)15-16-40(39,9)32(37)35(47)48)20-30(51-26(5)45)33(38)52-36(49)29(43)12-10-11-19-44-34(46)25(4)42/h15,23-25,27,29-33H,10-14,16-22,43H2,1-9H3,(H,44,46)(H,47,48)/t24-,25?,27+,29?,30-,31+,32-,33+,37-,38+,39-,40+,41+/m1/s1. The number of ether oxygens (including phenoxy) is 3. The van der Waals surface area contributed by atoms with E-state index in [4.69, 9.17) is 19.9 Å². The minimum Gasteiger partial charge on any atom is -0.481 e. The Bertz CT molecular complexity index is 1430. The first-order valence-electron chi connectivity index (χ1n) is 19.8. The number of unbranched alkanes of at least 4 members (excludes halogenated alkanes) is 1. The van der Waals surface area contributed by atoms with Crippen molar-refractivity contribution < 1.29 is 38.5 Å². The zero-order chi connectivity index (χ0) is 38.6. The van der Waals surface area contributed by atoms with Gasteiger partial charge in [0.05, 0.1) is 24.0 Å². The maximum absolute atomic E-state index is 13.6. The normalized spacial score (nSPS) is 41.2. The van der Waals surface area contributed by atoms with E-state index < -0.39 is 58.3 Å². The molecule has 4 N–H and O–H groups in total. The van der Waals surface area contributed by atoms with Crippen molar-refractivity contribution in [2.45, 2.75) is 143 Å². The van der Waals surface area contributed by atoms with Gasteiger partial charge in [0.2, 0.25) is 5.91 Å². The smallest absolute Gasteiger partial charge is 0.323 e. The fourth-order valence-corrected chi connectivity index (χ4v) is 12.4. The molecule has 52 heavy (non-hydrogen) atoms. The van der Waals surface area contributed by atoms with Gasteiger partial charge in [-0.15, -0.1) is 0 Å². The molecule has 1 aliphatic heterocycles. The first-order chi connectivity index (χ1) is 24.2. The average molecular weight is 794 g/mol. The Labute approximate surface area is 319 Å². The lowest BCUT2D eigenvalue weighted by Crippen LogP contribution is -2.70. The Morgan fingerprint density at radius 3 is 2.33 bits per heavy atom. The van der Waals surface area contributed by atoms with Crippen molar-refractivity contribution in [3.05, 3.63) is 11.6 Å². The number of hydrogen-bond donors (Lipinski definition) is 3. The molecule has 1 amide bonds. The summed E-state index contributed by atoms with van der Waals surface area (Å²) in [5, 5.41) is 13.8. The molecule has 0 aromatic rings. The summed E-state index contributed by atoms with van der Waals surface area (Å²) >= 11 is 3.26. The van der Waals surface area contributed by atoms with Gasteiger partial charge in [-0.3, -0.25) is 19.2 Å². The summed E-state index contributed by atoms with van der Waals surface area (Å²) < 4.78 is 18.9. The maximum Gasteiger partial charge on any atom is 0.323 e. The molecule has 3 saturated carbocycles. The lowest BCUT2D eigenvalue weighted by atomic mass is 9.34. The number of hydrogen-bond acceptors (Lipinski definition) is 8. The van der Waals surface area contributed by atoms with Gasteiger partial charge in [0.25, 0.3) is 0 Å². The Morgan fingerprint density at radius 2 is 1.71 bits per heavy atom. The zero-order valence-electron chi connectivity index (χ0n) is 33.0. The first-order valence-corrected chi connectivity index (χ1v) is 20.7. The van der Waals surface area contributed by atoms with Crippen molar-refractivity contribution in [2.75, 3.05) is 19.8 Å². The highest BCUT2D eigenvalue weighted by molar-refractivity contribution is 9.10. The highest BCUT2D eigenvalue weighted by Gasteiger charge is 2.72. The van der Waals surface area contributed by atoms with E-state index >= 15 is 0 Å². The van der Waals surface area contributed by atoms with Crippen LogP contribution < -0.4 is 11.1 Å². The van der Waals surface area contributed by atoms with Crippen molar-refractivity contribution in [3.8, 4) is 0 Å².